The van der Waals surface area contributed by atoms with Crippen LogP contribution in [-0.2, 0) is 6.54 Å². The summed E-state index contributed by atoms with van der Waals surface area (Å²) in [5, 5.41) is 0.704. The van der Waals surface area contributed by atoms with E-state index >= 15 is 0 Å². The Bertz CT molecular complexity index is 531. The summed E-state index contributed by atoms with van der Waals surface area (Å²) in [5.41, 5.74) is 7.13. The monoisotopic (exact) mass is 249 g/mol. The molecule has 1 heterocycles. The van der Waals surface area contributed by atoms with E-state index in [1.807, 2.05) is 13.0 Å². The summed E-state index contributed by atoms with van der Waals surface area (Å²) in [4.78, 5) is 8.19. The normalized spacial score (nSPS) is 10.3. The van der Waals surface area contributed by atoms with E-state index in [2.05, 4.69) is 9.97 Å². The van der Waals surface area contributed by atoms with E-state index in [4.69, 9.17) is 22.1 Å². The molecule has 2 aromatic rings. The lowest BCUT2D eigenvalue weighted by atomic mass is 10.2. The van der Waals surface area contributed by atoms with Gasteiger partial charge < -0.3 is 10.5 Å². The fourth-order valence-electron chi connectivity index (χ4n) is 1.37. The van der Waals surface area contributed by atoms with Crippen molar-refractivity contribution in [3.63, 3.8) is 0 Å². The molecule has 1 aromatic carbocycles. The van der Waals surface area contributed by atoms with Gasteiger partial charge in [-0.2, -0.15) is 0 Å². The van der Waals surface area contributed by atoms with Crippen LogP contribution in [0.3, 0.4) is 0 Å². The minimum atomic E-state index is 0.287. The number of rotatable bonds is 3. The Morgan fingerprint density at radius 1 is 1.29 bits per heavy atom. The van der Waals surface area contributed by atoms with Gasteiger partial charge in [0.1, 0.15) is 11.4 Å². The molecule has 0 radical (unpaired) electrons. The first-order valence-electron chi connectivity index (χ1n) is 5.14. The molecule has 4 nitrogen and oxygen atoms in total. The summed E-state index contributed by atoms with van der Waals surface area (Å²) in [7, 11) is 0. The lowest BCUT2D eigenvalue weighted by Gasteiger charge is -2.08. The van der Waals surface area contributed by atoms with Crippen LogP contribution in [0.4, 0.5) is 0 Å². The molecular weight excluding hydrogens is 238 g/mol. The van der Waals surface area contributed by atoms with Gasteiger partial charge in [-0.3, -0.25) is 4.98 Å². The zero-order valence-corrected chi connectivity index (χ0v) is 10.1. The van der Waals surface area contributed by atoms with E-state index < -0.39 is 0 Å². The molecule has 1 aromatic heterocycles. The van der Waals surface area contributed by atoms with Gasteiger partial charge in [0.05, 0.1) is 0 Å². The van der Waals surface area contributed by atoms with Crippen LogP contribution in [0.2, 0.25) is 5.02 Å². The first-order valence-corrected chi connectivity index (χ1v) is 5.52. The largest absolute Gasteiger partial charge is 0.437 e. The van der Waals surface area contributed by atoms with Crippen LogP contribution in [0.5, 0.6) is 11.6 Å². The van der Waals surface area contributed by atoms with Crippen LogP contribution < -0.4 is 10.5 Å². The molecule has 0 aliphatic rings. The summed E-state index contributed by atoms with van der Waals surface area (Å²) < 4.78 is 5.62. The zero-order valence-electron chi connectivity index (χ0n) is 9.35. The minimum absolute atomic E-state index is 0.287. The van der Waals surface area contributed by atoms with Gasteiger partial charge in [0.2, 0.25) is 5.88 Å². The number of ether oxygens (including phenoxy) is 1. The molecule has 0 saturated carbocycles. The SMILES string of the molecule is Cc1cc(Oc2nccnc2CN)ccc1Cl. The Morgan fingerprint density at radius 2 is 2.06 bits per heavy atom. The zero-order chi connectivity index (χ0) is 12.3. The highest BCUT2D eigenvalue weighted by Gasteiger charge is 2.06. The number of aromatic nitrogens is 2. The van der Waals surface area contributed by atoms with Crippen LogP contribution in [0.25, 0.3) is 0 Å². The fraction of sp³-hybridized carbons (Fsp3) is 0.167. The van der Waals surface area contributed by atoms with Gasteiger partial charge in [-0.1, -0.05) is 11.6 Å². The molecule has 5 heteroatoms. The Hall–Kier alpha value is -1.65. The second-order valence-corrected chi connectivity index (χ2v) is 3.93. The molecule has 0 aliphatic heterocycles. The molecule has 0 fully saturated rings. The van der Waals surface area contributed by atoms with Crippen molar-refractivity contribution in [1.82, 2.24) is 9.97 Å². The third kappa shape index (κ3) is 2.72. The van der Waals surface area contributed by atoms with E-state index in [9.17, 15) is 0 Å². The van der Waals surface area contributed by atoms with Gasteiger partial charge in [-0.05, 0) is 30.7 Å². The number of nitrogens with zero attached hydrogens (tertiary/aromatic N) is 2. The molecule has 2 N–H and O–H groups in total. The van der Waals surface area contributed by atoms with Gasteiger partial charge in [0.25, 0.3) is 0 Å². The minimum Gasteiger partial charge on any atom is -0.437 e. The Labute approximate surface area is 104 Å². The second kappa shape index (κ2) is 5.12. The highest BCUT2D eigenvalue weighted by molar-refractivity contribution is 6.31. The van der Waals surface area contributed by atoms with Gasteiger partial charge in [-0.25, -0.2) is 4.98 Å². The Morgan fingerprint density at radius 3 is 2.76 bits per heavy atom. The number of halogens is 1. The molecule has 88 valence electrons. The van der Waals surface area contributed by atoms with E-state index in [0.717, 1.165) is 5.56 Å². The molecule has 2 rings (SSSR count). The van der Waals surface area contributed by atoms with Crippen LogP contribution in [-0.4, -0.2) is 9.97 Å². The van der Waals surface area contributed by atoms with Gasteiger partial charge in [0.15, 0.2) is 0 Å². The molecule has 0 unspecified atom stereocenters. The van der Waals surface area contributed by atoms with Crippen molar-refractivity contribution in [2.24, 2.45) is 5.73 Å². The molecule has 17 heavy (non-hydrogen) atoms. The van der Waals surface area contributed by atoms with E-state index in [-0.39, 0.29) is 6.54 Å². The maximum atomic E-state index is 5.94. The van der Waals surface area contributed by atoms with Crippen LogP contribution >= 0.6 is 11.6 Å². The number of benzene rings is 1. The Balaban J connectivity index is 2.28. The average molecular weight is 250 g/mol. The third-order valence-corrected chi connectivity index (χ3v) is 2.70. The third-order valence-electron chi connectivity index (χ3n) is 2.27. The van der Waals surface area contributed by atoms with E-state index in [0.29, 0.717) is 22.3 Å². The quantitative estimate of drug-likeness (QED) is 0.909. The van der Waals surface area contributed by atoms with Crippen molar-refractivity contribution in [2.75, 3.05) is 0 Å². The van der Waals surface area contributed by atoms with Gasteiger partial charge >= 0.3 is 0 Å². The summed E-state index contributed by atoms with van der Waals surface area (Å²) in [5.74, 6) is 1.10. The predicted molar refractivity (Wildman–Crippen MR) is 66.2 cm³/mol. The van der Waals surface area contributed by atoms with Crippen LogP contribution in [0.15, 0.2) is 30.6 Å². The standard InChI is InChI=1S/C12H12ClN3O/c1-8-6-9(2-3-10(8)13)17-12-11(7-14)15-4-5-16-12/h2-6H,7,14H2,1H3. The number of hydrogen-bond acceptors (Lipinski definition) is 4. The topological polar surface area (TPSA) is 61.0 Å². The molecule has 0 spiro atoms. The van der Waals surface area contributed by atoms with E-state index in [1.165, 1.54) is 0 Å². The summed E-state index contributed by atoms with van der Waals surface area (Å²) in [6, 6.07) is 5.41. The van der Waals surface area contributed by atoms with Crippen LogP contribution in [0, 0.1) is 6.92 Å². The highest BCUT2D eigenvalue weighted by atomic mass is 35.5. The van der Waals surface area contributed by atoms with Crippen LogP contribution in [0.1, 0.15) is 11.3 Å². The number of hydrogen-bond donors (Lipinski definition) is 1. The van der Waals surface area contributed by atoms with Crippen molar-refractivity contribution < 1.29 is 4.74 Å². The highest BCUT2D eigenvalue weighted by Crippen LogP contribution is 2.25. The summed E-state index contributed by atoms with van der Waals surface area (Å²) in [6.45, 7) is 2.20. The molecular formula is C12H12ClN3O. The summed E-state index contributed by atoms with van der Waals surface area (Å²) >= 11 is 5.94. The molecule has 0 saturated heterocycles. The maximum absolute atomic E-state index is 5.94. The molecule has 0 aliphatic carbocycles. The maximum Gasteiger partial charge on any atom is 0.242 e. The first-order chi connectivity index (χ1) is 8.20. The average Bonchev–Trinajstić information content (AvgIpc) is 2.34. The lowest BCUT2D eigenvalue weighted by molar-refractivity contribution is 0.452. The first kappa shape index (κ1) is 11.8. The van der Waals surface area contributed by atoms with Gasteiger partial charge in [0, 0.05) is 24.0 Å². The molecule has 0 atom stereocenters. The van der Waals surface area contributed by atoms with Crippen molar-refractivity contribution in [3.05, 3.63) is 46.9 Å². The van der Waals surface area contributed by atoms with Crippen molar-refractivity contribution in [2.45, 2.75) is 13.5 Å². The predicted octanol–water partition coefficient (Wildman–Crippen LogP) is 2.69. The molecule has 0 bridgehead atoms. The van der Waals surface area contributed by atoms with Crippen molar-refractivity contribution >= 4 is 11.6 Å². The number of nitrogens with two attached hydrogens (primary N) is 1. The van der Waals surface area contributed by atoms with Gasteiger partial charge in [-0.15, -0.1) is 0 Å². The van der Waals surface area contributed by atoms with E-state index in [1.54, 1.807) is 24.5 Å². The molecule has 0 amide bonds. The van der Waals surface area contributed by atoms with Crippen molar-refractivity contribution in [1.29, 1.82) is 0 Å². The lowest BCUT2D eigenvalue weighted by Crippen LogP contribution is -2.03. The van der Waals surface area contributed by atoms with Crippen molar-refractivity contribution in [3.8, 4) is 11.6 Å². The fourth-order valence-corrected chi connectivity index (χ4v) is 1.49. The number of aryl methyl sites for hydroxylation is 1. The smallest absolute Gasteiger partial charge is 0.242 e. The Kier molecular flexibility index (Phi) is 3.56. The second-order valence-electron chi connectivity index (χ2n) is 3.53. The summed E-state index contributed by atoms with van der Waals surface area (Å²) in [6.07, 6.45) is 3.15.